The Kier molecular flexibility index (Phi) is 3.77. The van der Waals surface area contributed by atoms with E-state index >= 15 is 0 Å². The highest BCUT2D eigenvalue weighted by molar-refractivity contribution is 5.80. The highest BCUT2D eigenvalue weighted by Gasteiger charge is 1.99. The van der Waals surface area contributed by atoms with Crippen molar-refractivity contribution in [3.8, 4) is 0 Å². The molecule has 0 unspecified atom stereocenters. The number of aliphatic hydroxyl groups is 1. The Hall–Kier alpha value is -0.790. The van der Waals surface area contributed by atoms with Crippen molar-refractivity contribution in [1.29, 1.82) is 0 Å². The lowest BCUT2D eigenvalue weighted by Gasteiger charge is -2.03. The third-order valence-corrected chi connectivity index (χ3v) is 1.08. The third-order valence-electron chi connectivity index (χ3n) is 1.08. The number of nitrogens with zero attached hydrogens (tertiary/aromatic N) is 1. The van der Waals surface area contributed by atoms with Gasteiger partial charge in [0.1, 0.15) is 6.26 Å². The molecule has 58 valence electrons. The summed E-state index contributed by atoms with van der Waals surface area (Å²) in [6.07, 6.45) is 1.07. The number of hydrogen-bond donors (Lipinski definition) is 1. The van der Waals surface area contributed by atoms with Crippen LogP contribution < -0.4 is 0 Å². The van der Waals surface area contributed by atoms with Crippen molar-refractivity contribution in [2.45, 2.75) is 27.7 Å². The lowest BCUT2D eigenvalue weighted by molar-refractivity contribution is 0.457. The maximum atomic E-state index is 8.68. The quantitative estimate of drug-likeness (QED) is 0.465. The first kappa shape index (κ1) is 9.21. The zero-order valence-corrected chi connectivity index (χ0v) is 7.05. The molecule has 2 nitrogen and oxygen atoms in total. The van der Waals surface area contributed by atoms with Gasteiger partial charge in [0.05, 0.1) is 5.70 Å². The van der Waals surface area contributed by atoms with E-state index < -0.39 is 0 Å². The SMILES string of the molecule is CC(C)=N/C(=C\O)C(C)C. The van der Waals surface area contributed by atoms with E-state index in [4.69, 9.17) is 5.11 Å². The van der Waals surface area contributed by atoms with E-state index in [0.29, 0.717) is 5.92 Å². The van der Waals surface area contributed by atoms with Crippen molar-refractivity contribution < 1.29 is 5.11 Å². The van der Waals surface area contributed by atoms with Crippen LogP contribution in [0.5, 0.6) is 0 Å². The summed E-state index contributed by atoms with van der Waals surface area (Å²) in [4.78, 5) is 4.12. The molecule has 0 spiro atoms. The molecular weight excluding hydrogens is 126 g/mol. The summed E-state index contributed by atoms with van der Waals surface area (Å²) in [6, 6.07) is 0. The van der Waals surface area contributed by atoms with E-state index in [1.165, 1.54) is 0 Å². The Bertz CT molecular complexity index is 153. The molecule has 0 radical (unpaired) electrons. The smallest absolute Gasteiger partial charge is 0.101 e. The average Bonchev–Trinajstić information content (AvgIpc) is 1.81. The standard InChI is InChI=1S/C8H15NO/c1-6(2)8(5-10)9-7(3)4/h5-6,10H,1-4H3/b8-5-. The number of rotatable bonds is 2. The molecule has 0 atom stereocenters. The van der Waals surface area contributed by atoms with Gasteiger partial charge in [-0.25, -0.2) is 0 Å². The number of aliphatic imine (C=N–C) groups is 1. The van der Waals surface area contributed by atoms with Crippen molar-refractivity contribution in [3.63, 3.8) is 0 Å². The van der Waals surface area contributed by atoms with Gasteiger partial charge < -0.3 is 5.11 Å². The molecule has 0 aliphatic carbocycles. The van der Waals surface area contributed by atoms with E-state index in [9.17, 15) is 0 Å². The van der Waals surface area contributed by atoms with Crippen LogP contribution in [-0.4, -0.2) is 10.8 Å². The molecule has 0 aromatic rings. The van der Waals surface area contributed by atoms with Crippen LogP contribution in [0.4, 0.5) is 0 Å². The van der Waals surface area contributed by atoms with Gasteiger partial charge in [-0.15, -0.1) is 0 Å². The number of allylic oxidation sites excluding steroid dienone is 1. The molecule has 1 N–H and O–H groups in total. The van der Waals surface area contributed by atoms with Crippen molar-refractivity contribution in [3.05, 3.63) is 12.0 Å². The molecule has 0 amide bonds. The fraction of sp³-hybridized carbons (Fsp3) is 0.625. The van der Waals surface area contributed by atoms with Crippen molar-refractivity contribution in [2.75, 3.05) is 0 Å². The summed E-state index contributed by atoms with van der Waals surface area (Å²) in [5.74, 6) is 0.292. The van der Waals surface area contributed by atoms with Gasteiger partial charge in [-0.05, 0) is 19.8 Å². The van der Waals surface area contributed by atoms with Crippen molar-refractivity contribution >= 4 is 5.71 Å². The summed E-state index contributed by atoms with van der Waals surface area (Å²) in [6.45, 7) is 7.81. The fourth-order valence-corrected chi connectivity index (χ4v) is 0.565. The van der Waals surface area contributed by atoms with Crippen LogP contribution in [0.15, 0.2) is 17.0 Å². The van der Waals surface area contributed by atoms with E-state index in [1.54, 1.807) is 0 Å². The Morgan fingerprint density at radius 2 is 1.90 bits per heavy atom. The molecule has 0 aromatic heterocycles. The first-order valence-corrected chi connectivity index (χ1v) is 3.44. The average molecular weight is 141 g/mol. The molecule has 0 fully saturated rings. The minimum absolute atomic E-state index is 0.292. The molecule has 10 heavy (non-hydrogen) atoms. The van der Waals surface area contributed by atoms with E-state index in [-0.39, 0.29) is 0 Å². The second-order valence-electron chi connectivity index (χ2n) is 2.77. The molecule has 0 rings (SSSR count). The lowest BCUT2D eigenvalue weighted by atomic mass is 10.1. The van der Waals surface area contributed by atoms with Crippen LogP contribution in [0.2, 0.25) is 0 Å². The molecule has 2 heteroatoms. The van der Waals surface area contributed by atoms with E-state index in [1.807, 2.05) is 27.7 Å². The van der Waals surface area contributed by atoms with Gasteiger partial charge in [0.2, 0.25) is 0 Å². The summed E-state index contributed by atoms with van der Waals surface area (Å²) < 4.78 is 0. The monoisotopic (exact) mass is 141 g/mol. The largest absolute Gasteiger partial charge is 0.514 e. The fourth-order valence-electron chi connectivity index (χ4n) is 0.565. The molecular formula is C8H15NO. The highest BCUT2D eigenvalue weighted by atomic mass is 16.2. The van der Waals surface area contributed by atoms with Gasteiger partial charge in [0.15, 0.2) is 0 Å². The van der Waals surface area contributed by atoms with Crippen LogP contribution in [-0.2, 0) is 0 Å². The first-order chi connectivity index (χ1) is 4.57. The Morgan fingerprint density at radius 1 is 1.40 bits per heavy atom. The van der Waals surface area contributed by atoms with Crippen LogP contribution in [0, 0.1) is 5.92 Å². The van der Waals surface area contributed by atoms with Crippen LogP contribution in [0.25, 0.3) is 0 Å². The Labute approximate surface area is 62.3 Å². The van der Waals surface area contributed by atoms with Gasteiger partial charge in [0.25, 0.3) is 0 Å². The summed E-state index contributed by atoms with van der Waals surface area (Å²) in [5, 5.41) is 8.68. The molecule has 0 saturated carbocycles. The van der Waals surface area contributed by atoms with E-state index in [0.717, 1.165) is 17.7 Å². The second kappa shape index (κ2) is 4.09. The third kappa shape index (κ3) is 3.28. The summed E-state index contributed by atoms with van der Waals surface area (Å²) in [5.41, 5.74) is 1.70. The highest BCUT2D eigenvalue weighted by Crippen LogP contribution is 2.09. The summed E-state index contributed by atoms with van der Waals surface area (Å²) >= 11 is 0. The molecule has 0 aliphatic rings. The normalized spacial score (nSPS) is 11.9. The topological polar surface area (TPSA) is 32.6 Å². The zero-order valence-electron chi connectivity index (χ0n) is 7.05. The predicted octanol–water partition coefficient (Wildman–Crippen LogP) is 2.52. The van der Waals surface area contributed by atoms with Crippen LogP contribution >= 0.6 is 0 Å². The van der Waals surface area contributed by atoms with Gasteiger partial charge in [0, 0.05) is 5.71 Å². The minimum Gasteiger partial charge on any atom is -0.514 e. The Morgan fingerprint density at radius 3 is 2.00 bits per heavy atom. The number of aliphatic hydroxyl groups excluding tert-OH is 1. The molecule has 0 bridgehead atoms. The van der Waals surface area contributed by atoms with Crippen molar-refractivity contribution in [1.82, 2.24) is 0 Å². The van der Waals surface area contributed by atoms with Gasteiger partial charge in [-0.1, -0.05) is 13.8 Å². The van der Waals surface area contributed by atoms with Crippen molar-refractivity contribution in [2.24, 2.45) is 10.9 Å². The van der Waals surface area contributed by atoms with Crippen LogP contribution in [0.3, 0.4) is 0 Å². The van der Waals surface area contributed by atoms with Gasteiger partial charge >= 0.3 is 0 Å². The summed E-state index contributed by atoms with van der Waals surface area (Å²) in [7, 11) is 0. The first-order valence-electron chi connectivity index (χ1n) is 3.44. The molecule has 0 heterocycles. The minimum atomic E-state index is 0.292. The van der Waals surface area contributed by atoms with Gasteiger partial charge in [-0.2, -0.15) is 0 Å². The van der Waals surface area contributed by atoms with E-state index in [2.05, 4.69) is 4.99 Å². The maximum Gasteiger partial charge on any atom is 0.101 e. The molecule has 0 aromatic carbocycles. The lowest BCUT2D eigenvalue weighted by Crippen LogP contribution is -1.93. The molecule has 0 saturated heterocycles. The zero-order chi connectivity index (χ0) is 8.15. The Balaban J connectivity index is 4.26. The molecule has 0 aliphatic heterocycles. The number of hydrogen-bond acceptors (Lipinski definition) is 2. The van der Waals surface area contributed by atoms with Gasteiger partial charge in [-0.3, -0.25) is 4.99 Å². The second-order valence-corrected chi connectivity index (χ2v) is 2.77. The maximum absolute atomic E-state index is 8.68. The van der Waals surface area contributed by atoms with Crippen LogP contribution in [0.1, 0.15) is 27.7 Å². The predicted molar refractivity (Wildman–Crippen MR) is 44.3 cm³/mol.